The minimum absolute atomic E-state index is 0.0664. The Kier molecular flexibility index (Phi) is 4.71. The third kappa shape index (κ3) is 3.55. The number of aryl methyl sites for hydroxylation is 2. The maximum absolute atomic E-state index is 13.1. The number of anilines is 1. The Balaban J connectivity index is 1.42. The van der Waals surface area contributed by atoms with E-state index >= 15 is 0 Å². The third-order valence-corrected chi connectivity index (χ3v) is 5.85. The molecular formula is C23H22N6O2. The van der Waals surface area contributed by atoms with Crippen LogP contribution in [0.15, 0.2) is 46.3 Å². The van der Waals surface area contributed by atoms with Gasteiger partial charge in [0.2, 0.25) is 0 Å². The maximum Gasteiger partial charge on any atom is 0.199 e. The summed E-state index contributed by atoms with van der Waals surface area (Å²) in [5, 5.41) is 0.572. The predicted octanol–water partition coefficient (Wildman–Crippen LogP) is 2.80. The van der Waals surface area contributed by atoms with E-state index in [1.54, 1.807) is 12.4 Å². The van der Waals surface area contributed by atoms with Crippen LogP contribution in [0.5, 0.6) is 0 Å². The molecule has 0 spiro atoms. The summed E-state index contributed by atoms with van der Waals surface area (Å²) >= 11 is 0. The minimum Gasteiger partial charge on any atom is -0.440 e. The number of nitrogens with two attached hydrogens (primary N) is 1. The summed E-state index contributed by atoms with van der Waals surface area (Å²) in [4.78, 5) is 32.5. The standard InChI is InChI=1S/C23H22N6O2/c1-13-5-17-20(6-14(13)2)31-22(24)18(21(17)30)11-29-4-3-19-16(10-29)9-27-23(28-19)15-7-25-12-26-8-15/h5-9,12H,3-4,10-11,24H2,1-2H3. The van der Waals surface area contributed by atoms with Crippen LogP contribution in [0.4, 0.5) is 5.88 Å². The predicted molar refractivity (Wildman–Crippen MR) is 117 cm³/mol. The first-order valence-electron chi connectivity index (χ1n) is 10.1. The van der Waals surface area contributed by atoms with E-state index in [0.29, 0.717) is 35.4 Å². The zero-order valence-corrected chi connectivity index (χ0v) is 17.4. The average molecular weight is 414 g/mol. The highest BCUT2D eigenvalue weighted by Gasteiger charge is 2.22. The lowest BCUT2D eigenvalue weighted by atomic mass is 10.0. The molecule has 0 saturated carbocycles. The number of hydrogen-bond donors (Lipinski definition) is 1. The number of nitrogen functional groups attached to an aromatic ring is 1. The molecule has 8 heteroatoms. The Morgan fingerprint density at radius 3 is 2.71 bits per heavy atom. The van der Waals surface area contributed by atoms with E-state index in [4.69, 9.17) is 15.1 Å². The van der Waals surface area contributed by atoms with Gasteiger partial charge in [-0.05, 0) is 37.1 Å². The van der Waals surface area contributed by atoms with Crippen molar-refractivity contribution in [3.8, 4) is 11.4 Å². The number of benzene rings is 1. The van der Waals surface area contributed by atoms with Crippen molar-refractivity contribution in [1.29, 1.82) is 0 Å². The normalized spacial score (nSPS) is 14.0. The van der Waals surface area contributed by atoms with Crippen molar-refractivity contribution in [3.05, 3.63) is 75.2 Å². The van der Waals surface area contributed by atoms with Crippen molar-refractivity contribution in [2.45, 2.75) is 33.4 Å². The van der Waals surface area contributed by atoms with Crippen LogP contribution in [0.3, 0.4) is 0 Å². The monoisotopic (exact) mass is 414 g/mol. The zero-order valence-electron chi connectivity index (χ0n) is 17.4. The first-order chi connectivity index (χ1) is 15.0. The second-order valence-electron chi connectivity index (χ2n) is 7.96. The third-order valence-electron chi connectivity index (χ3n) is 5.85. The Hall–Kier alpha value is -3.65. The second kappa shape index (κ2) is 7.55. The first kappa shape index (κ1) is 19.3. The molecule has 8 nitrogen and oxygen atoms in total. The fourth-order valence-corrected chi connectivity index (χ4v) is 3.94. The lowest BCUT2D eigenvalue weighted by Crippen LogP contribution is -2.33. The van der Waals surface area contributed by atoms with Crippen LogP contribution < -0.4 is 11.2 Å². The summed E-state index contributed by atoms with van der Waals surface area (Å²) in [6.07, 6.45) is 7.49. The van der Waals surface area contributed by atoms with E-state index < -0.39 is 0 Å². The second-order valence-corrected chi connectivity index (χ2v) is 7.96. The van der Waals surface area contributed by atoms with E-state index in [1.165, 1.54) is 6.33 Å². The number of aromatic nitrogens is 4. The molecule has 0 radical (unpaired) electrons. The molecule has 1 aliphatic rings. The molecule has 0 atom stereocenters. The van der Waals surface area contributed by atoms with Gasteiger partial charge in [-0.15, -0.1) is 0 Å². The van der Waals surface area contributed by atoms with Crippen molar-refractivity contribution in [2.75, 3.05) is 12.3 Å². The van der Waals surface area contributed by atoms with Crippen molar-refractivity contribution < 1.29 is 4.42 Å². The molecule has 4 aromatic rings. The summed E-state index contributed by atoms with van der Waals surface area (Å²) < 4.78 is 5.80. The van der Waals surface area contributed by atoms with Gasteiger partial charge in [0.05, 0.1) is 22.2 Å². The lowest BCUT2D eigenvalue weighted by molar-refractivity contribution is 0.241. The molecule has 2 N–H and O–H groups in total. The quantitative estimate of drug-likeness (QED) is 0.545. The topological polar surface area (TPSA) is 111 Å². The molecular weight excluding hydrogens is 392 g/mol. The molecule has 0 aliphatic carbocycles. The van der Waals surface area contributed by atoms with Crippen LogP contribution in [0.25, 0.3) is 22.4 Å². The molecule has 3 aromatic heterocycles. The van der Waals surface area contributed by atoms with Gasteiger partial charge in [0.25, 0.3) is 0 Å². The summed E-state index contributed by atoms with van der Waals surface area (Å²) in [5.74, 6) is 0.806. The van der Waals surface area contributed by atoms with Crippen LogP contribution >= 0.6 is 0 Å². The molecule has 31 heavy (non-hydrogen) atoms. The highest BCUT2D eigenvalue weighted by Crippen LogP contribution is 2.25. The van der Waals surface area contributed by atoms with Gasteiger partial charge in [0.1, 0.15) is 11.9 Å². The lowest BCUT2D eigenvalue weighted by Gasteiger charge is -2.28. The fraction of sp³-hybridized carbons (Fsp3) is 0.261. The number of rotatable bonds is 3. The number of nitrogens with zero attached hydrogens (tertiary/aromatic N) is 5. The van der Waals surface area contributed by atoms with Crippen LogP contribution in [0.2, 0.25) is 0 Å². The molecule has 156 valence electrons. The number of fused-ring (bicyclic) bond motifs is 2. The number of hydrogen-bond acceptors (Lipinski definition) is 8. The van der Waals surface area contributed by atoms with Gasteiger partial charge in [-0.3, -0.25) is 9.69 Å². The average Bonchev–Trinajstić information content (AvgIpc) is 2.78. The molecule has 0 bridgehead atoms. The van der Waals surface area contributed by atoms with Gasteiger partial charge < -0.3 is 10.2 Å². The molecule has 1 aliphatic heterocycles. The van der Waals surface area contributed by atoms with Crippen molar-refractivity contribution in [2.24, 2.45) is 0 Å². The highest BCUT2D eigenvalue weighted by atomic mass is 16.3. The van der Waals surface area contributed by atoms with Crippen molar-refractivity contribution >= 4 is 16.9 Å². The zero-order chi connectivity index (χ0) is 21.5. The Morgan fingerprint density at radius 2 is 1.90 bits per heavy atom. The SMILES string of the molecule is Cc1cc2oc(N)c(CN3CCc4nc(-c5cncnc5)ncc4C3)c(=O)c2cc1C. The fourth-order valence-electron chi connectivity index (χ4n) is 3.94. The van der Waals surface area contributed by atoms with Gasteiger partial charge in [-0.2, -0.15) is 0 Å². The summed E-state index contributed by atoms with van der Waals surface area (Å²) in [7, 11) is 0. The molecule has 5 rings (SSSR count). The minimum atomic E-state index is -0.0664. The Labute approximate surface area is 178 Å². The van der Waals surface area contributed by atoms with Gasteiger partial charge >= 0.3 is 0 Å². The maximum atomic E-state index is 13.1. The smallest absolute Gasteiger partial charge is 0.199 e. The van der Waals surface area contributed by atoms with Crippen molar-refractivity contribution in [3.63, 3.8) is 0 Å². The molecule has 1 aromatic carbocycles. The van der Waals surface area contributed by atoms with E-state index in [-0.39, 0.29) is 11.3 Å². The molecule has 0 saturated heterocycles. The van der Waals surface area contributed by atoms with Crippen LogP contribution in [0.1, 0.15) is 27.9 Å². The summed E-state index contributed by atoms with van der Waals surface area (Å²) in [6, 6.07) is 3.75. The van der Waals surface area contributed by atoms with Gasteiger partial charge in [-0.1, -0.05) is 0 Å². The van der Waals surface area contributed by atoms with Crippen LogP contribution in [-0.2, 0) is 19.5 Å². The van der Waals surface area contributed by atoms with E-state index in [1.807, 2.05) is 32.2 Å². The first-order valence-corrected chi connectivity index (χ1v) is 10.1. The molecule has 4 heterocycles. The van der Waals surface area contributed by atoms with Crippen LogP contribution in [0, 0.1) is 13.8 Å². The molecule has 0 fully saturated rings. The Bertz CT molecular complexity index is 1350. The Morgan fingerprint density at radius 1 is 1.13 bits per heavy atom. The van der Waals surface area contributed by atoms with E-state index in [9.17, 15) is 4.79 Å². The van der Waals surface area contributed by atoms with E-state index in [2.05, 4.69) is 19.9 Å². The van der Waals surface area contributed by atoms with Gasteiger partial charge in [-0.25, -0.2) is 19.9 Å². The van der Waals surface area contributed by atoms with E-state index in [0.717, 1.165) is 40.9 Å². The van der Waals surface area contributed by atoms with Gasteiger partial charge in [0, 0.05) is 50.2 Å². The summed E-state index contributed by atoms with van der Waals surface area (Å²) in [5.41, 5.74) is 12.1. The molecule has 0 unspecified atom stereocenters. The largest absolute Gasteiger partial charge is 0.440 e. The van der Waals surface area contributed by atoms with Gasteiger partial charge in [0.15, 0.2) is 17.1 Å². The van der Waals surface area contributed by atoms with Crippen molar-refractivity contribution in [1.82, 2.24) is 24.8 Å². The highest BCUT2D eigenvalue weighted by molar-refractivity contribution is 5.80. The summed E-state index contributed by atoms with van der Waals surface area (Å²) in [6.45, 7) is 5.80. The molecule has 0 amide bonds. The van der Waals surface area contributed by atoms with Crippen LogP contribution in [-0.4, -0.2) is 31.4 Å².